The Morgan fingerprint density at radius 3 is 2.25 bits per heavy atom. The number of fused-ring (bicyclic) bond motifs is 1. The third-order valence-electron chi connectivity index (χ3n) is 3.58. The average molecular weight is 259 g/mol. The van der Waals surface area contributed by atoms with Crippen molar-refractivity contribution in [3.05, 3.63) is 85.1 Å². The maximum atomic E-state index is 3.99. The van der Waals surface area contributed by atoms with Crippen LogP contribution in [-0.2, 0) is 0 Å². The van der Waals surface area contributed by atoms with Crippen LogP contribution in [-0.4, -0.2) is 0 Å². The third kappa shape index (κ3) is 2.08. The first-order chi connectivity index (χ1) is 9.81. The number of benzene rings is 3. The topological polar surface area (TPSA) is 3.24 Å². The molecule has 0 amide bonds. The maximum absolute atomic E-state index is 3.99. The van der Waals surface area contributed by atoms with Gasteiger partial charge in [0.25, 0.3) is 0 Å². The van der Waals surface area contributed by atoms with Crippen molar-refractivity contribution in [3.8, 4) is 0 Å². The Kier molecular flexibility index (Phi) is 3.26. The zero-order valence-corrected chi connectivity index (χ0v) is 11.6. The summed E-state index contributed by atoms with van der Waals surface area (Å²) in [6, 6.07) is 23.2. The summed E-state index contributed by atoms with van der Waals surface area (Å²) in [5.41, 5.74) is 3.56. The molecular formula is C19H17N. The first-order valence-corrected chi connectivity index (χ1v) is 6.76. The number of nitrogens with zero attached hydrogens (tertiary/aromatic N) is 1. The van der Waals surface area contributed by atoms with Crippen LogP contribution in [0.4, 0.5) is 11.4 Å². The van der Waals surface area contributed by atoms with Crippen LogP contribution in [0.25, 0.3) is 10.8 Å². The molecule has 3 rings (SSSR count). The number of para-hydroxylation sites is 1. The Morgan fingerprint density at radius 2 is 1.45 bits per heavy atom. The monoisotopic (exact) mass is 259 g/mol. The first kappa shape index (κ1) is 12.5. The lowest BCUT2D eigenvalue weighted by Crippen LogP contribution is -2.09. The summed E-state index contributed by atoms with van der Waals surface area (Å²) in [4.78, 5) is 2.15. The second kappa shape index (κ2) is 5.22. The van der Waals surface area contributed by atoms with Gasteiger partial charge in [0.2, 0.25) is 0 Å². The Labute approximate surface area is 119 Å². The van der Waals surface area contributed by atoms with E-state index in [2.05, 4.69) is 85.1 Å². The molecular weight excluding hydrogens is 242 g/mol. The molecule has 0 aliphatic carbocycles. The molecule has 1 heteroatoms. The zero-order chi connectivity index (χ0) is 13.9. The quantitative estimate of drug-likeness (QED) is 0.606. The van der Waals surface area contributed by atoms with Gasteiger partial charge in [0.05, 0.1) is 5.69 Å². The van der Waals surface area contributed by atoms with E-state index in [1.807, 2.05) is 6.20 Å². The van der Waals surface area contributed by atoms with Gasteiger partial charge in [-0.1, -0.05) is 61.2 Å². The molecule has 3 aromatic carbocycles. The molecule has 0 saturated heterocycles. The van der Waals surface area contributed by atoms with Gasteiger partial charge in [-0.2, -0.15) is 0 Å². The summed E-state index contributed by atoms with van der Waals surface area (Å²) < 4.78 is 0. The summed E-state index contributed by atoms with van der Waals surface area (Å²) in [5, 5.41) is 2.48. The van der Waals surface area contributed by atoms with Crippen LogP contribution in [0.1, 0.15) is 5.56 Å². The van der Waals surface area contributed by atoms with Gasteiger partial charge in [-0.15, -0.1) is 0 Å². The Morgan fingerprint density at radius 1 is 0.800 bits per heavy atom. The van der Waals surface area contributed by atoms with Crippen molar-refractivity contribution in [3.63, 3.8) is 0 Å². The van der Waals surface area contributed by atoms with E-state index in [-0.39, 0.29) is 0 Å². The van der Waals surface area contributed by atoms with Crippen LogP contribution in [0.3, 0.4) is 0 Å². The molecule has 3 aromatic rings. The predicted octanol–water partition coefficient (Wildman–Crippen LogP) is 5.43. The van der Waals surface area contributed by atoms with Crippen LogP contribution >= 0.6 is 0 Å². The molecule has 0 radical (unpaired) electrons. The normalized spacial score (nSPS) is 10.4. The van der Waals surface area contributed by atoms with Crippen LogP contribution in [0.2, 0.25) is 0 Å². The van der Waals surface area contributed by atoms with Gasteiger partial charge < -0.3 is 4.90 Å². The molecule has 0 saturated carbocycles. The lowest BCUT2D eigenvalue weighted by molar-refractivity contribution is 1.27. The summed E-state index contributed by atoms with van der Waals surface area (Å²) in [5.74, 6) is 0. The second-order valence-corrected chi connectivity index (χ2v) is 4.84. The van der Waals surface area contributed by atoms with Gasteiger partial charge in [-0.05, 0) is 30.0 Å². The highest BCUT2D eigenvalue weighted by atomic mass is 15.1. The van der Waals surface area contributed by atoms with E-state index in [9.17, 15) is 0 Å². The highest BCUT2D eigenvalue weighted by Gasteiger charge is 2.10. The fraction of sp³-hybridized carbons (Fsp3) is 0.0526. The Bertz CT molecular complexity index is 753. The fourth-order valence-electron chi connectivity index (χ4n) is 2.58. The first-order valence-electron chi connectivity index (χ1n) is 6.76. The molecule has 0 spiro atoms. The van der Waals surface area contributed by atoms with E-state index in [1.54, 1.807) is 0 Å². The third-order valence-corrected chi connectivity index (χ3v) is 3.58. The average Bonchev–Trinajstić information content (AvgIpc) is 2.50. The summed E-state index contributed by atoms with van der Waals surface area (Å²) in [7, 11) is 0. The molecule has 0 aliphatic heterocycles. The van der Waals surface area contributed by atoms with Crippen molar-refractivity contribution in [2.75, 3.05) is 4.90 Å². The summed E-state index contributed by atoms with van der Waals surface area (Å²) in [6.07, 6.45) is 1.88. The van der Waals surface area contributed by atoms with Gasteiger partial charge in [-0.3, -0.25) is 0 Å². The molecule has 0 atom stereocenters. The number of anilines is 2. The number of rotatable bonds is 3. The number of hydrogen-bond acceptors (Lipinski definition) is 1. The van der Waals surface area contributed by atoms with Gasteiger partial charge in [0.1, 0.15) is 0 Å². The largest absolute Gasteiger partial charge is 0.317 e. The molecule has 0 aliphatic rings. The van der Waals surface area contributed by atoms with E-state index in [4.69, 9.17) is 0 Å². The van der Waals surface area contributed by atoms with Crippen LogP contribution in [0.5, 0.6) is 0 Å². The minimum atomic E-state index is 1.16. The van der Waals surface area contributed by atoms with Crippen LogP contribution in [0.15, 0.2) is 79.5 Å². The van der Waals surface area contributed by atoms with Gasteiger partial charge in [-0.25, -0.2) is 0 Å². The molecule has 0 fully saturated rings. The summed E-state index contributed by atoms with van der Waals surface area (Å²) in [6.45, 7) is 6.11. The fourth-order valence-corrected chi connectivity index (χ4v) is 2.58. The zero-order valence-electron chi connectivity index (χ0n) is 11.6. The molecule has 20 heavy (non-hydrogen) atoms. The standard InChI is InChI=1S/C19H17N/c1-3-20(18-13-7-4-9-15(18)2)19-14-8-11-16-10-5-6-12-17(16)19/h3-14H,1H2,2H3. The smallest absolute Gasteiger partial charge is 0.0533 e. The van der Waals surface area contributed by atoms with Crippen molar-refractivity contribution in [2.24, 2.45) is 0 Å². The lowest BCUT2D eigenvalue weighted by Gasteiger charge is -2.23. The van der Waals surface area contributed by atoms with E-state index in [1.165, 1.54) is 22.0 Å². The highest BCUT2D eigenvalue weighted by molar-refractivity contribution is 5.96. The molecule has 0 unspecified atom stereocenters. The van der Waals surface area contributed by atoms with Crippen molar-refractivity contribution in [2.45, 2.75) is 6.92 Å². The van der Waals surface area contributed by atoms with Gasteiger partial charge >= 0.3 is 0 Å². The Hall–Kier alpha value is -2.54. The SMILES string of the molecule is C=CN(c1ccccc1C)c1cccc2ccccc12. The highest BCUT2D eigenvalue weighted by Crippen LogP contribution is 2.33. The van der Waals surface area contributed by atoms with Crippen molar-refractivity contribution >= 4 is 22.1 Å². The van der Waals surface area contributed by atoms with Gasteiger partial charge in [0.15, 0.2) is 0 Å². The van der Waals surface area contributed by atoms with E-state index >= 15 is 0 Å². The van der Waals surface area contributed by atoms with Crippen LogP contribution < -0.4 is 4.90 Å². The minimum absolute atomic E-state index is 1.16. The predicted molar refractivity (Wildman–Crippen MR) is 87.5 cm³/mol. The Balaban J connectivity index is 2.23. The molecule has 98 valence electrons. The maximum Gasteiger partial charge on any atom is 0.0533 e. The summed E-state index contributed by atoms with van der Waals surface area (Å²) >= 11 is 0. The molecule has 0 N–H and O–H groups in total. The molecule has 0 heterocycles. The molecule has 0 bridgehead atoms. The minimum Gasteiger partial charge on any atom is -0.317 e. The van der Waals surface area contributed by atoms with E-state index in [0.29, 0.717) is 0 Å². The number of aryl methyl sites for hydroxylation is 1. The second-order valence-electron chi connectivity index (χ2n) is 4.84. The molecule has 1 nitrogen and oxygen atoms in total. The lowest BCUT2D eigenvalue weighted by atomic mass is 10.1. The van der Waals surface area contributed by atoms with Crippen molar-refractivity contribution < 1.29 is 0 Å². The van der Waals surface area contributed by atoms with Crippen molar-refractivity contribution in [1.29, 1.82) is 0 Å². The van der Waals surface area contributed by atoms with Crippen LogP contribution in [0, 0.1) is 6.92 Å². The molecule has 0 aromatic heterocycles. The number of hydrogen-bond donors (Lipinski definition) is 0. The van der Waals surface area contributed by atoms with E-state index in [0.717, 1.165) is 5.69 Å². The van der Waals surface area contributed by atoms with Crippen molar-refractivity contribution in [1.82, 2.24) is 0 Å². The van der Waals surface area contributed by atoms with Gasteiger partial charge in [0, 0.05) is 17.3 Å². The van der Waals surface area contributed by atoms with E-state index < -0.39 is 0 Å².